The van der Waals surface area contributed by atoms with E-state index in [-0.39, 0.29) is 9.52 Å². The number of hydrogen-bond acceptors (Lipinski definition) is 6. The van der Waals surface area contributed by atoms with Crippen LogP contribution in [0.5, 0.6) is 0 Å². The average molecular weight is 362 g/mol. The smallest absolute Gasteiger partial charge is 0.265 e. The fourth-order valence-corrected chi connectivity index (χ4v) is 3.35. The summed E-state index contributed by atoms with van der Waals surface area (Å²) in [7, 11) is 0.0591. The van der Waals surface area contributed by atoms with E-state index in [9.17, 15) is 9.59 Å². The van der Waals surface area contributed by atoms with E-state index in [0.29, 0.717) is 6.54 Å². The highest BCUT2D eigenvalue weighted by atomic mass is 32.2. The van der Waals surface area contributed by atoms with Gasteiger partial charge >= 0.3 is 0 Å². The summed E-state index contributed by atoms with van der Waals surface area (Å²) >= 11 is 1.95. The van der Waals surface area contributed by atoms with Crippen LogP contribution in [0.2, 0.25) is 6.04 Å². The molecule has 8 heteroatoms. The van der Waals surface area contributed by atoms with Crippen molar-refractivity contribution in [3.05, 3.63) is 0 Å². The van der Waals surface area contributed by atoms with Gasteiger partial charge in [-0.15, -0.1) is 0 Å². The molecule has 0 heterocycles. The lowest BCUT2D eigenvalue weighted by Gasteiger charge is -2.06. The molecule has 0 aliphatic carbocycles. The first-order valence-electron chi connectivity index (χ1n) is 8.37. The van der Waals surface area contributed by atoms with E-state index in [2.05, 4.69) is 16.0 Å². The van der Waals surface area contributed by atoms with Crippen LogP contribution in [-0.4, -0.2) is 77.3 Å². The summed E-state index contributed by atoms with van der Waals surface area (Å²) in [5.74, 6) is 2.27. The molecule has 4 N–H and O–H groups in total. The Hall–Kier alpha value is -0.413. The first-order valence-corrected chi connectivity index (χ1v) is 10.7. The Labute approximate surface area is 146 Å². The Balaban J connectivity index is 2.97. The van der Waals surface area contributed by atoms with Crippen LogP contribution in [0.4, 0.5) is 4.79 Å². The van der Waals surface area contributed by atoms with Gasteiger partial charge in [-0.2, -0.15) is 11.8 Å². The van der Waals surface area contributed by atoms with Gasteiger partial charge in [0.05, 0.1) is 6.54 Å². The summed E-state index contributed by atoms with van der Waals surface area (Å²) in [5, 5.41) is 18.4. The van der Waals surface area contributed by atoms with Gasteiger partial charge in [-0.25, -0.2) is 0 Å². The van der Waals surface area contributed by atoms with Crippen LogP contribution in [-0.2, 0) is 4.79 Å². The number of rotatable bonds is 19. The van der Waals surface area contributed by atoms with E-state index in [1.54, 1.807) is 0 Å². The van der Waals surface area contributed by atoms with Crippen molar-refractivity contribution in [2.75, 3.05) is 50.8 Å². The monoisotopic (exact) mass is 361 g/mol. The maximum absolute atomic E-state index is 10.3. The van der Waals surface area contributed by atoms with E-state index in [1.807, 2.05) is 11.8 Å². The molecule has 0 bridgehead atoms. The van der Waals surface area contributed by atoms with E-state index in [4.69, 9.17) is 5.11 Å². The minimum Gasteiger partial charge on any atom is -0.486 e. The fraction of sp³-hybridized carbons (Fsp3) is 0.867. The number of carbonyl (C=O) groups excluding carboxylic acids is 1. The van der Waals surface area contributed by atoms with Crippen LogP contribution < -0.4 is 16.0 Å². The highest BCUT2D eigenvalue weighted by molar-refractivity contribution is 7.99. The standard InChI is InChI=1S/C15H31N3O3SSi/c19-11-9-17-8-4-12-22-13-10-18-7-3-6-16-5-1-2-14-23-15(20)21/h11,16-18H,1-10,12-14H2,(H,20,21). The third kappa shape index (κ3) is 21.6. The summed E-state index contributed by atoms with van der Waals surface area (Å²) in [4.78, 5) is 20.4. The summed E-state index contributed by atoms with van der Waals surface area (Å²) in [6, 6.07) is 0.809. The number of carbonyl (C=O) groups is 2. The summed E-state index contributed by atoms with van der Waals surface area (Å²) in [5.41, 5.74) is -0.670. The van der Waals surface area contributed by atoms with Gasteiger partial charge in [-0.1, -0.05) is 12.5 Å². The highest BCUT2D eigenvalue weighted by Gasteiger charge is 1.98. The average Bonchev–Trinajstić information content (AvgIpc) is 2.53. The first kappa shape index (κ1) is 22.6. The summed E-state index contributed by atoms with van der Waals surface area (Å²) < 4.78 is 0. The van der Waals surface area contributed by atoms with Crippen LogP contribution in [0.3, 0.4) is 0 Å². The third-order valence-electron chi connectivity index (χ3n) is 3.06. The largest absolute Gasteiger partial charge is 0.486 e. The molecule has 0 saturated carbocycles. The Morgan fingerprint density at radius 3 is 2.35 bits per heavy atom. The molecule has 134 valence electrons. The molecule has 0 saturated heterocycles. The van der Waals surface area contributed by atoms with Crippen molar-refractivity contribution in [2.24, 2.45) is 0 Å². The predicted molar refractivity (Wildman–Crippen MR) is 99.1 cm³/mol. The third-order valence-corrected chi connectivity index (χ3v) is 5.03. The molecule has 0 amide bonds. The summed E-state index contributed by atoms with van der Waals surface area (Å²) in [6.07, 6.45) is 5.18. The molecular weight excluding hydrogens is 330 g/mol. The van der Waals surface area contributed by atoms with Crippen molar-refractivity contribution >= 4 is 33.2 Å². The molecular formula is C15H31N3O3SSi. The second kappa shape index (κ2) is 19.6. The number of nitrogens with one attached hydrogen (secondary N) is 3. The Kier molecular flexibility index (Phi) is 19.3. The van der Waals surface area contributed by atoms with Crippen molar-refractivity contribution in [3.8, 4) is 0 Å². The molecule has 0 spiro atoms. The molecule has 0 fully saturated rings. The molecule has 0 aromatic heterocycles. The number of carboxylic acid groups (broad SMARTS) is 1. The number of thioether (sulfide) groups is 1. The van der Waals surface area contributed by atoms with Gasteiger partial charge in [0, 0.05) is 12.3 Å². The maximum atomic E-state index is 10.3. The van der Waals surface area contributed by atoms with Crippen molar-refractivity contribution in [1.29, 1.82) is 0 Å². The minimum atomic E-state index is -0.670. The van der Waals surface area contributed by atoms with Crippen LogP contribution in [0.1, 0.15) is 25.7 Å². The molecule has 23 heavy (non-hydrogen) atoms. The van der Waals surface area contributed by atoms with Gasteiger partial charge in [0.1, 0.15) is 6.29 Å². The SMILES string of the molecule is O=CCNCCCSCCNCCCNCCCC[Si]C(=O)O. The van der Waals surface area contributed by atoms with E-state index >= 15 is 0 Å². The molecule has 0 aliphatic rings. The molecule has 0 rings (SSSR count). The van der Waals surface area contributed by atoms with Crippen LogP contribution in [0.15, 0.2) is 0 Å². The lowest BCUT2D eigenvalue weighted by molar-refractivity contribution is -0.107. The van der Waals surface area contributed by atoms with Crippen molar-refractivity contribution < 1.29 is 14.7 Å². The molecule has 0 aromatic rings. The molecule has 2 radical (unpaired) electrons. The van der Waals surface area contributed by atoms with Crippen LogP contribution in [0, 0.1) is 0 Å². The molecule has 0 atom stereocenters. The van der Waals surface area contributed by atoms with Gasteiger partial charge < -0.3 is 25.9 Å². The number of unbranched alkanes of at least 4 members (excludes halogenated alkanes) is 1. The lowest BCUT2D eigenvalue weighted by Crippen LogP contribution is -2.24. The van der Waals surface area contributed by atoms with Gasteiger partial charge in [-0.05, 0) is 51.2 Å². The van der Waals surface area contributed by atoms with Crippen LogP contribution >= 0.6 is 11.8 Å². The topological polar surface area (TPSA) is 90.5 Å². The van der Waals surface area contributed by atoms with Crippen molar-refractivity contribution in [1.82, 2.24) is 16.0 Å². The Morgan fingerprint density at radius 1 is 0.913 bits per heavy atom. The van der Waals surface area contributed by atoms with Gasteiger partial charge in [0.15, 0.2) is 9.52 Å². The van der Waals surface area contributed by atoms with Gasteiger partial charge in [-0.3, -0.25) is 4.79 Å². The second-order valence-electron chi connectivity index (χ2n) is 5.13. The quantitative estimate of drug-likeness (QED) is 0.155. The van der Waals surface area contributed by atoms with E-state index in [0.717, 1.165) is 82.2 Å². The highest BCUT2D eigenvalue weighted by Crippen LogP contribution is 2.00. The normalized spacial score (nSPS) is 10.8. The molecule has 6 nitrogen and oxygen atoms in total. The lowest BCUT2D eigenvalue weighted by atomic mass is 10.3. The van der Waals surface area contributed by atoms with Crippen molar-refractivity contribution in [3.63, 3.8) is 0 Å². The van der Waals surface area contributed by atoms with E-state index in [1.165, 1.54) is 0 Å². The zero-order valence-corrected chi connectivity index (χ0v) is 15.8. The molecule has 0 unspecified atom stereocenters. The number of hydrogen-bond donors (Lipinski definition) is 4. The molecule has 0 aromatic carbocycles. The number of aldehydes is 1. The fourth-order valence-electron chi connectivity index (χ4n) is 1.87. The van der Waals surface area contributed by atoms with E-state index < -0.39 is 5.59 Å². The van der Waals surface area contributed by atoms with Gasteiger partial charge in [0.25, 0.3) is 5.59 Å². The van der Waals surface area contributed by atoms with Gasteiger partial charge in [0.2, 0.25) is 0 Å². The molecule has 0 aliphatic heterocycles. The zero-order valence-electron chi connectivity index (χ0n) is 13.9. The minimum absolute atomic E-state index is 0.0591. The maximum Gasteiger partial charge on any atom is 0.265 e. The Morgan fingerprint density at radius 2 is 1.61 bits per heavy atom. The Bertz CT molecular complexity index is 287. The summed E-state index contributed by atoms with van der Waals surface area (Å²) in [6.45, 7) is 5.46. The van der Waals surface area contributed by atoms with Crippen molar-refractivity contribution in [2.45, 2.75) is 31.7 Å². The predicted octanol–water partition coefficient (Wildman–Crippen LogP) is 1.05. The van der Waals surface area contributed by atoms with Crippen LogP contribution in [0.25, 0.3) is 0 Å². The zero-order chi connectivity index (χ0) is 17.0. The second-order valence-corrected chi connectivity index (χ2v) is 7.64. The first-order chi connectivity index (χ1) is 11.3.